The van der Waals surface area contributed by atoms with Gasteiger partial charge in [0.25, 0.3) is 0 Å². The van der Waals surface area contributed by atoms with Crippen molar-refractivity contribution in [1.29, 1.82) is 0 Å². The first kappa shape index (κ1) is 15.1. The molecule has 1 aliphatic rings. The summed E-state index contributed by atoms with van der Waals surface area (Å²) in [6.07, 6.45) is 1.98. The zero-order valence-electron chi connectivity index (χ0n) is 11.3. The lowest BCUT2D eigenvalue weighted by molar-refractivity contribution is -0.145. The predicted octanol–water partition coefficient (Wildman–Crippen LogP) is 0.867. The summed E-state index contributed by atoms with van der Waals surface area (Å²) in [5, 5.41) is 0. The Balaban J connectivity index is 2.19. The quantitative estimate of drug-likeness (QED) is 0.500. The first-order chi connectivity index (χ1) is 8.61. The third-order valence-corrected chi connectivity index (χ3v) is 3.00. The van der Waals surface area contributed by atoms with Gasteiger partial charge < -0.3 is 9.47 Å². The molecule has 0 aromatic heterocycles. The Morgan fingerprint density at radius 1 is 1.33 bits per heavy atom. The number of rotatable bonds is 7. The minimum Gasteiger partial charge on any atom is -0.466 e. The number of ether oxygens (including phenoxy) is 2. The summed E-state index contributed by atoms with van der Waals surface area (Å²) >= 11 is 0. The van der Waals surface area contributed by atoms with Gasteiger partial charge >= 0.3 is 5.97 Å². The zero-order chi connectivity index (χ0) is 13.4. The van der Waals surface area contributed by atoms with Crippen LogP contribution in [0.5, 0.6) is 0 Å². The summed E-state index contributed by atoms with van der Waals surface area (Å²) < 4.78 is 10.0. The van der Waals surface area contributed by atoms with Crippen molar-refractivity contribution in [2.75, 3.05) is 40.0 Å². The minimum absolute atomic E-state index is 0.0805. The number of Topliss-reactive ketones (excluding diaryl/α,β-unsaturated/α-hetero) is 1. The predicted molar refractivity (Wildman–Crippen MR) is 67.3 cm³/mol. The van der Waals surface area contributed by atoms with E-state index in [0.29, 0.717) is 19.1 Å². The van der Waals surface area contributed by atoms with Crippen LogP contribution < -0.4 is 0 Å². The van der Waals surface area contributed by atoms with E-state index in [2.05, 4.69) is 0 Å². The third-order valence-electron chi connectivity index (χ3n) is 3.00. The molecule has 0 amide bonds. The van der Waals surface area contributed by atoms with Crippen molar-refractivity contribution in [3.05, 3.63) is 0 Å². The highest BCUT2D eigenvalue weighted by Gasteiger charge is 2.18. The maximum absolute atomic E-state index is 11.6. The molecule has 5 heteroatoms. The number of esters is 1. The van der Waals surface area contributed by atoms with Crippen molar-refractivity contribution in [3.63, 3.8) is 0 Å². The molecule has 18 heavy (non-hydrogen) atoms. The second kappa shape index (κ2) is 8.21. The Morgan fingerprint density at radius 3 is 2.61 bits per heavy atom. The fourth-order valence-corrected chi connectivity index (χ4v) is 2.16. The van der Waals surface area contributed by atoms with E-state index in [4.69, 9.17) is 9.47 Å². The molecule has 1 fully saturated rings. The third kappa shape index (κ3) is 6.12. The molecule has 1 heterocycles. The van der Waals surface area contributed by atoms with Gasteiger partial charge in [0.15, 0.2) is 5.78 Å². The fourth-order valence-electron chi connectivity index (χ4n) is 2.16. The maximum Gasteiger partial charge on any atom is 0.313 e. The molecule has 0 spiro atoms. The summed E-state index contributed by atoms with van der Waals surface area (Å²) in [6.45, 7) is 4.89. The van der Waals surface area contributed by atoms with Crippen molar-refractivity contribution in [1.82, 2.24) is 4.90 Å². The number of carbonyl (C=O) groups is 2. The molecule has 0 N–H and O–H groups in total. The Kier molecular flexibility index (Phi) is 6.90. The van der Waals surface area contributed by atoms with Gasteiger partial charge in [-0.2, -0.15) is 0 Å². The van der Waals surface area contributed by atoms with E-state index in [-0.39, 0.29) is 12.2 Å². The lowest BCUT2D eigenvalue weighted by Crippen LogP contribution is -2.34. The average Bonchev–Trinajstić information content (AvgIpc) is 2.29. The molecule has 0 aromatic carbocycles. The average molecular weight is 257 g/mol. The molecule has 5 nitrogen and oxygen atoms in total. The minimum atomic E-state index is -0.429. The van der Waals surface area contributed by atoms with Crippen LogP contribution >= 0.6 is 0 Å². The van der Waals surface area contributed by atoms with E-state index in [0.717, 1.165) is 32.6 Å². The standard InChI is InChI=1S/C13H23NO4/c1-3-18-13(16)8-12(15)10-14(2)9-11-4-6-17-7-5-11/h11H,3-10H2,1-2H3. The van der Waals surface area contributed by atoms with Crippen molar-refractivity contribution in [2.45, 2.75) is 26.2 Å². The number of nitrogens with zero attached hydrogens (tertiary/aromatic N) is 1. The van der Waals surface area contributed by atoms with E-state index in [1.807, 2.05) is 11.9 Å². The number of hydrogen-bond donors (Lipinski definition) is 0. The number of hydrogen-bond acceptors (Lipinski definition) is 5. The lowest BCUT2D eigenvalue weighted by atomic mass is 10.00. The molecule has 0 aliphatic carbocycles. The van der Waals surface area contributed by atoms with Gasteiger partial charge in [-0.1, -0.05) is 0 Å². The van der Waals surface area contributed by atoms with E-state index in [9.17, 15) is 9.59 Å². The monoisotopic (exact) mass is 257 g/mol. The molecule has 0 aromatic rings. The fraction of sp³-hybridized carbons (Fsp3) is 0.846. The van der Waals surface area contributed by atoms with Crippen molar-refractivity contribution < 1.29 is 19.1 Å². The highest BCUT2D eigenvalue weighted by Crippen LogP contribution is 2.15. The van der Waals surface area contributed by atoms with Gasteiger partial charge in [0.05, 0.1) is 13.2 Å². The highest BCUT2D eigenvalue weighted by molar-refractivity contribution is 5.96. The van der Waals surface area contributed by atoms with E-state index in [1.165, 1.54) is 0 Å². The molecular formula is C13H23NO4. The smallest absolute Gasteiger partial charge is 0.313 e. The number of carbonyl (C=O) groups excluding carboxylic acids is 2. The molecule has 0 unspecified atom stereocenters. The van der Waals surface area contributed by atoms with Gasteiger partial charge in [-0.25, -0.2) is 0 Å². The van der Waals surface area contributed by atoms with E-state index >= 15 is 0 Å². The van der Waals surface area contributed by atoms with Gasteiger partial charge in [-0.3, -0.25) is 14.5 Å². The Bertz CT molecular complexity index is 274. The number of ketones is 1. The molecule has 104 valence electrons. The molecule has 1 aliphatic heterocycles. The highest BCUT2D eigenvalue weighted by atomic mass is 16.5. The summed E-state index contributed by atoms with van der Waals surface area (Å²) in [5.74, 6) is 0.0871. The van der Waals surface area contributed by atoms with Gasteiger partial charge in [0.2, 0.25) is 0 Å². The van der Waals surface area contributed by atoms with Crippen LogP contribution in [0, 0.1) is 5.92 Å². The molecule has 1 saturated heterocycles. The Morgan fingerprint density at radius 2 is 2.00 bits per heavy atom. The largest absolute Gasteiger partial charge is 0.466 e. The van der Waals surface area contributed by atoms with E-state index in [1.54, 1.807) is 6.92 Å². The van der Waals surface area contributed by atoms with Crippen LogP contribution in [-0.2, 0) is 19.1 Å². The first-order valence-electron chi connectivity index (χ1n) is 6.55. The van der Waals surface area contributed by atoms with Crippen LogP contribution in [0.2, 0.25) is 0 Å². The molecule has 0 bridgehead atoms. The van der Waals surface area contributed by atoms with Crippen LogP contribution in [0.4, 0.5) is 0 Å². The molecule has 0 radical (unpaired) electrons. The van der Waals surface area contributed by atoms with Crippen LogP contribution in [0.15, 0.2) is 0 Å². The van der Waals surface area contributed by atoms with Crippen molar-refractivity contribution in [2.24, 2.45) is 5.92 Å². The summed E-state index contributed by atoms with van der Waals surface area (Å²) in [5.41, 5.74) is 0. The second-order valence-corrected chi connectivity index (χ2v) is 4.77. The lowest BCUT2D eigenvalue weighted by Gasteiger charge is -2.26. The molecule has 0 saturated carbocycles. The normalized spacial score (nSPS) is 16.8. The van der Waals surface area contributed by atoms with Gasteiger partial charge in [0.1, 0.15) is 6.42 Å². The van der Waals surface area contributed by atoms with Crippen molar-refractivity contribution >= 4 is 11.8 Å². The van der Waals surface area contributed by atoms with Crippen LogP contribution in [0.1, 0.15) is 26.2 Å². The van der Waals surface area contributed by atoms with E-state index < -0.39 is 5.97 Å². The van der Waals surface area contributed by atoms with Crippen LogP contribution in [0.3, 0.4) is 0 Å². The second-order valence-electron chi connectivity index (χ2n) is 4.77. The summed E-state index contributed by atoms with van der Waals surface area (Å²) in [6, 6.07) is 0. The Hall–Kier alpha value is -0.940. The summed E-state index contributed by atoms with van der Waals surface area (Å²) in [4.78, 5) is 24.7. The Labute approximate surface area is 108 Å². The summed E-state index contributed by atoms with van der Waals surface area (Å²) in [7, 11) is 1.92. The van der Waals surface area contributed by atoms with Gasteiger partial charge in [0, 0.05) is 19.8 Å². The van der Waals surface area contributed by atoms with Gasteiger partial charge in [-0.15, -0.1) is 0 Å². The topological polar surface area (TPSA) is 55.8 Å². The molecular weight excluding hydrogens is 234 g/mol. The SMILES string of the molecule is CCOC(=O)CC(=O)CN(C)CC1CCOCC1. The maximum atomic E-state index is 11.6. The van der Waals surface area contributed by atoms with Gasteiger partial charge in [-0.05, 0) is 32.7 Å². The first-order valence-corrected chi connectivity index (χ1v) is 6.55. The zero-order valence-corrected chi connectivity index (χ0v) is 11.3. The van der Waals surface area contributed by atoms with Crippen LogP contribution in [-0.4, -0.2) is 56.6 Å². The molecule has 0 atom stereocenters. The molecule has 1 rings (SSSR count). The van der Waals surface area contributed by atoms with Crippen LogP contribution in [0.25, 0.3) is 0 Å². The van der Waals surface area contributed by atoms with Crippen molar-refractivity contribution in [3.8, 4) is 0 Å². The number of likely N-dealkylation sites (N-methyl/N-ethyl adjacent to an activating group) is 1.